The quantitative estimate of drug-likeness (QED) is 0.692. The van der Waals surface area contributed by atoms with Crippen molar-refractivity contribution in [2.75, 3.05) is 13.6 Å². The van der Waals surface area contributed by atoms with Gasteiger partial charge in [-0.3, -0.25) is 0 Å². The van der Waals surface area contributed by atoms with E-state index in [4.69, 9.17) is 5.73 Å². The summed E-state index contributed by atoms with van der Waals surface area (Å²) in [5, 5.41) is 0. The van der Waals surface area contributed by atoms with E-state index in [1.165, 1.54) is 19.3 Å². The highest BCUT2D eigenvalue weighted by atomic mass is 15.2. The van der Waals surface area contributed by atoms with Crippen LogP contribution in [0.15, 0.2) is 0 Å². The van der Waals surface area contributed by atoms with Crippen LogP contribution in [0.1, 0.15) is 33.1 Å². The average molecular weight is 170 g/mol. The van der Waals surface area contributed by atoms with Crippen molar-refractivity contribution in [3.8, 4) is 0 Å². The Bertz CT molecular complexity index is 123. The zero-order valence-electron chi connectivity index (χ0n) is 8.59. The van der Waals surface area contributed by atoms with Crippen molar-refractivity contribution in [2.45, 2.75) is 45.2 Å². The van der Waals surface area contributed by atoms with Gasteiger partial charge in [-0.1, -0.05) is 13.3 Å². The SMILES string of the molecule is CC(CN)C(C)N(C)C1CCC1. The topological polar surface area (TPSA) is 29.3 Å². The number of nitrogens with two attached hydrogens (primary N) is 1. The summed E-state index contributed by atoms with van der Waals surface area (Å²) in [6.45, 7) is 5.33. The molecule has 0 aliphatic heterocycles. The maximum atomic E-state index is 5.64. The molecule has 0 aromatic heterocycles. The Labute approximate surface area is 76.1 Å². The maximum absolute atomic E-state index is 5.64. The summed E-state index contributed by atoms with van der Waals surface area (Å²) in [7, 11) is 2.24. The zero-order chi connectivity index (χ0) is 9.14. The van der Waals surface area contributed by atoms with Crippen LogP contribution in [-0.4, -0.2) is 30.6 Å². The summed E-state index contributed by atoms with van der Waals surface area (Å²) < 4.78 is 0. The van der Waals surface area contributed by atoms with Crippen LogP contribution < -0.4 is 5.73 Å². The highest BCUT2D eigenvalue weighted by Crippen LogP contribution is 2.26. The Morgan fingerprint density at radius 3 is 2.33 bits per heavy atom. The number of hydrogen-bond acceptors (Lipinski definition) is 2. The van der Waals surface area contributed by atoms with E-state index in [2.05, 4.69) is 25.8 Å². The van der Waals surface area contributed by atoms with E-state index in [0.29, 0.717) is 12.0 Å². The number of nitrogens with zero attached hydrogens (tertiary/aromatic N) is 1. The lowest BCUT2D eigenvalue weighted by molar-refractivity contribution is 0.0920. The minimum Gasteiger partial charge on any atom is -0.330 e. The third-order valence-electron chi connectivity index (χ3n) is 3.49. The van der Waals surface area contributed by atoms with Gasteiger partial charge in [-0.2, -0.15) is 0 Å². The molecular weight excluding hydrogens is 148 g/mol. The van der Waals surface area contributed by atoms with Crippen LogP contribution in [0.4, 0.5) is 0 Å². The molecule has 2 N–H and O–H groups in total. The van der Waals surface area contributed by atoms with Crippen molar-refractivity contribution < 1.29 is 0 Å². The van der Waals surface area contributed by atoms with E-state index in [1.54, 1.807) is 0 Å². The molecule has 2 atom stereocenters. The second-order valence-electron chi connectivity index (χ2n) is 4.20. The normalized spacial score (nSPS) is 23.8. The standard InChI is InChI=1S/C10H22N2/c1-8(7-11)9(2)12(3)10-5-4-6-10/h8-10H,4-7,11H2,1-3H3. The molecule has 1 saturated carbocycles. The van der Waals surface area contributed by atoms with Crippen LogP contribution >= 0.6 is 0 Å². The summed E-state index contributed by atoms with van der Waals surface area (Å²) >= 11 is 0. The molecule has 0 amide bonds. The molecule has 2 heteroatoms. The lowest BCUT2D eigenvalue weighted by atomic mass is 9.89. The fraction of sp³-hybridized carbons (Fsp3) is 1.00. The van der Waals surface area contributed by atoms with Gasteiger partial charge in [0.2, 0.25) is 0 Å². The Kier molecular flexibility index (Phi) is 3.53. The van der Waals surface area contributed by atoms with Crippen LogP contribution in [0.5, 0.6) is 0 Å². The van der Waals surface area contributed by atoms with Crippen molar-refractivity contribution >= 4 is 0 Å². The number of rotatable bonds is 4. The molecule has 0 saturated heterocycles. The van der Waals surface area contributed by atoms with Gasteiger partial charge in [-0.05, 0) is 39.3 Å². The third kappa shape index (κ3) is 1.99. The highest BCUT2D eigenvalue weighted by Gasteiger charge is 2.27. The third-order valence-corrected chi connectivity index (χ3v) is 3.49. The molecular formula is C10H22N2. The van der Waals surface area contributed by atoms with Gasteiger partial charge in [0, 0.05) is 12.1 Å². The van der Waals surface area contributed by atoms with E-state index in [1.807, 2.05) is 0 Å². The van der Waals surface area contributed by atoms with Crippen LogP contribution in [0, 0.1) is 5.92 Å². The first kappa shape index (κ1) is 10.0. The van der Waals surface area contributed by atoms with Gasteiger partial charge in [0.15, 0.2) is 0 Å². The fourth-order valence-corrected chi connectivity index (χ4v) is 1.72. The molecule has 1 aliphatic carbocycles. The Morgan fingerprint density at radius 2 is 2.00 bits per heavy atom. The highest BCUT2D eigenvalue weighted by molar-refractivity contribution is 4.83. The van der Waals surface area contributed by atoms with Gasteiger partial charge >= 0.3 is 0 Å². The largest absolute Gasteiger partial charge is 0.330 e. The smallest absolute Gasteiger partial charge is 0.0104 e. The predicted octanol–water partition coefficient (Wildman–Crippen LogP) is 1.45. The molecule has 0 aromatic rings. The lowest BCUT2D eigenvalue weighted by Crippen LogP contribution is -2.46. The van der Waals surface area contributed by atoms with Crippen molar-refractivity contribution in [3.05, 3.63) is 0 Å². The van der Waals surface area contributed by atoms with Crippen molar-refractivity contribution in [3.63, 3.8) is 0 Å². The van der Waals surface area contributed by atoms with E-state index in [0.717, 1.165) is 12.6 Å². The van der Waals surface area contributed by atoms with E-state index >= 15 is 0 Å². The van der Waals surface area contributed by atoms with Crippen LogP contribution in [0.3, 0.4) is 0 Å². The van der Waals surface area contributed by atoms with Gasteiger partial charge in [-0.25, -0.2) is 0 Å². The number of hydrogen-bond donors (Lipinski definition) is 1. The van der Waals surface area contributed by atoms with Gasteiger partial charge in [0.05, 0.1) is 0 Å². The first-order valence-corrected chi connectivity index (χ1v) is 5.08. The van der Waals surface area contributed by atoms with Gasteiger partial charge < -0.3 is 10.6 Å². The van der Waals surface area contributed by atoms with Crippen molar-refractivity contribution in [2.24, 2.45) is 11.7 Å². The summed E-state index contributed by atoms with van der Waals surface area (Å²) in [6.07, 6.45) is 4.19. The molecule has 2 unspecified atom stereocenters. The summed E-state index contributed by atoms with van der Waals surface area (Å²) in [6, 6.07) is 1.48. The summed E-state index contributed by atoms with van der Waals surface area (Å²) in [4.78, 5) is 2.50. The monoisotopic (exact) mass is 170 g/mol. The Balaban J connectivity index is 2.33. The molecule has 0 bridgehead atoms. The van der Waals surface area contributed by atoms with Gasteiger partial charge in [-0.15, -0.1) is 0 Å². The first-order valence-electron chi connectivity index (χ1n) is 5.08. The molecule has 1 rings (SSSR count). The maximum Gasteiger partial charge on any atom is 0.0104 e. The summed E-state index contributed by atoms with van der Waals surface area (Å²) in [5.41, 5.74) is 5.64. The Hall–Kier alpha value is -0.0800. The second-order valence-corrected chi connectivity index (χ2v) is 4.20. The minimum atomic E-state index is 0.621. The second kappa shape index (κ2) is 4.24. The molecule has 0 spiro atoms. The van der Waals surface area contributed by atoms with Crippen LogP contribution in [-0.2, 0) is 0 Å². The first-order chi connectivity index (χ1) is 5.66. The average Bonchev–Trinajstić information content (AvgIpc) is 1.98. The predicted molar refractivity (Wildman–Crippen MR) is 53.1 cm³/mol. The van der Waals surface area contributed by atoms with Gasteiger partial charge in [0.1, 0.15) is 0 Å². The van der Waals surface area contributed by atoms with Gasteiger partial charge in [0.25, 0.3) is 0 Å². The summed E-state index contributed by atoms with van der Waals surface area (Å²) in [5.74, 6) is 0.621. The van der Waals surface area contributed by atoms with Crippen molar-refractivity contribution in [1.29, 1.82) is 0 Å². The van der Waals surface area contributed by atoms with Crippen LogP contribution in [0.25, 0.3) is 0 Å². The zero-order valence-corrected chi connectivity index (χ0v) is 8.59. The molecule has 2 nitrogen and oxygen atoms in total. The molecule has 72 valence electrons. The molecule has 1 aliphatic rings. The molecule has 12 heavy (non-hydrogen) atoms. The molecule has 1 fully saturated rings. The molecule has 0 aromatic carbocycles. The van der Waals surface area contributed by atoms with Crippen molar-refractivity contribution in [1.82, 2.24) is 4.90 Å². The fourth-order valence-electron chi connectivity index (χ4n) is 1.72. The lowest BCUT2D eigenvalue weighted by Gasteiger charge is -2.40. The molecule has 0 radical (unpaired) electrons. The van der Waals surface area contributed by atoms with E-state index in [-0.39, 0.29) is 0 Å². The van der Waals surface area contributed by atoms with Crippen LogP contribution in [0.2, 0.25) is 0 Å². The van der Waals surface area contributed by atoms with E-state index in [9.17, 15) is 0 Å². The van der Waals surface area contributed by atoms with E-state index < -0.39 is 0 Å². The molecule has 0 heterocycles. The minimum absolute atomic E-state index is 0.621. The Morgan fingerprint density at radius 1 is 1.42 bits per heavy atom.